The van der Waals surface area contributed by atoms with Crippen LogP contribution in [0.5, 0.6) is 5.75 Å². The molecule has 1 saturated heterocycles. The molecule has 29 heavy (non-hydrogen) atoms. The molecule has 0 unspecified atom stereocenters. The van der Waals surface area contributed by atoms with E-state index in [2.05, 4.69) is 0 Å². The number of morpholine rings is 1. The summed E-state index contributed by atoms with van der Waals surface area (Å²) >= 11 is 1.25. The van der Waals surface area contributed by atoms with E-state index in [0.29, 0.717) is 49.1 Å². The maximum Gasteiger partial charge on any atom is 0.338 e. The van der Waals surface area contributed by atoms with Crippen molar-refractivity contribution in [3.05, 3.63) is 51.7 Å². The highest BCUT2D eigenvalue weighted by Crippen LogP contribution is 2.19. The number of thiophene rings is 1. The largest absolute Gasteiger partial charge is 0.494 e. The van der Waals surface area contributed by atoms with Gasteiger partial charge in [0.15, 0.2) is 6.61 Å². The van der Waals surface area contributed by atoms with E-state index in [1.807, 2.05) is 6.92 Å². The minimum Gasteiger partial charge on any atom is -0.494 e. The fraction of sp³-hybridized carbons (Fsp3) is 0.381. The van der Waals surface area contributed by atoms with E-state index < -0.39 is 5.97 Å². The summed E-state index contributed by atoms with van der Waals surface area (Å²) in [6, 6.07) is 9.98. The first-order chi connectivity index (χ1) is 14.1. The van der Waals surface area contributed by atoms with Crippen molar-refractivity contribution in [3.8, 4) is 5.75 Å². The number of hydrogen-bond donors (Lipinski definition) is 0. The number of esters is 1. The second-order valence-corrected chi connectivity index (χ2v) is 7.56. The summed E-state index contributed by atoms with van der Waals surface area (Å²) in [7, 11) is 0. The standard InChI is InChI=1S/C21H23NO6S/c1-2-27-16-5-3-15(4-6-16)21(25)28-14-18(23)19-8-7-17(29-19)13-20(24)22-9-11-26-12-10-22/h3-8H,2,9-14H2,1H3. The predicted octanol–water partition coefficient (Wildman–Crippen LogP) is 2.59. The van der Waals surface area contributed by atoms with Gasteiger partial charge in [-0.05, 0) is 43.3 Å². The van der Waals surface area contributed by atoms with Crippen molar-refractivity contribution in [1.29, 1.82) is 0 Å². The number of rotatable bonds is 8. The maximum atomic E-state index is 12.3. The average Bonchev–Trinajstić information content (AvgIpc) is 3.21. The number of nitrogens with zero attached hydrogens (tertiary/aromatic N) is 1. The molecule has 0 spiro atoms. The van der Waals surface area contributed by atoms with E-state index in [9.17, 15) is 14.4 Å². The molecule has 2 heterocycles. The van der Waals surface area contributed by atoms with Gasteiger partial charge >= 0.3 is 5.97 Å². The lowest BCUT2D eigenvalue weighted by molar-refractivity contribution is -0.134. The molecule has 0 saturated carbocycles. The van der Waals surface area contributed by atoms with Crippen molar-refractivity contribution < 1.29 is 28.6 Å². The Morgan fingerprint density at radius 2 is 1.79 bits per heavy atom. The van der Waals surface area contributed by atoms with Crippen LogP contribution in [-0.2, 0) is 20.7 Å². The van der Waals surface area contributed by atoms with E-state index >= 15 is 0 Å². The Bertz CT molecular complexity index is 854. The molecule has 2 aromatic rings. The van der Waals surface area contributed by atoms with Crippen LogP contribution in [0.2, 0.25) is 0 Å². The summed E-state index contributed by atoms with van der Waals surface area (Å²) in [5.41, 5.74) is 0.351. The number of Topliss-reactive ketones (excluding diaryl/α,β-unsaturated/α-hetero) is 1. The van der Waals surface area contributed by atoms with E-state index in [-0.39, 0.29) is 24.7 Å². The van der Waals surface area contributed by atoms with E-state index in [1.165, 1.54) is 11.3 Å². The molecule has 1 amide bonds. The lowest BCUT2D eigenvalue weighted by Gasteiger charge is -2.26. The van der Waals surface area contributed by atoms with Crippen LogP contribution in [0.25, 0.3) is 0 Å². The summed E-state index contributed by atoms with van der Waals surface area (Å²) in [5.74, 6) is -0.172. The Hall–Kier alpha value is -2.71. The molecule has 1 aliphatic rings. The Morgan fingerprint density at radius 3 is 2.48 bits per heavy atom. The molecule has 154 valence electrons. The highest BCUT2D eigenvalue weighted by molar-refractivity contribution is 7.14. The molecule has 0 aliphatic carbocycles. The van der Waals surface area contributed by atoms with Crippen LogP contribution in [0.4, 0.5) is 0 Å². The molecule has 0 bridgehead atoms. The van der Waals surface area contributed by atoms with Crippen molar-refractivity contribution >= 4 is 29.0 Å². The van der Waals surface area contributed by atoms with Crippen LogP contribution in [0.3, 0.4) is 0 Å². The van der Waals surface area contributed by atoms with Gasteiger partial charge in [0.05, 0.1) is 36.7 Å². The zero-order valence-corrected chi connectivity index (χ0v) is 17.0. The van der Waals surface area contributed by atoms with Crippen LogP contribution in [0, 0.1) is 0 Å². The molecule has 0 N–H and O–H groups in total. The number of hydrogen-bond acceptors (Lipinski definition) is 7. The van der Waals surface area contributed by atoms with Gasteiger partial charge in [0.2, 0.25) is 11.7 Å². The SMILES string of the molecule is CCOc1ccc(C(=O)OCC(=O)c2ccc(CC(=O)N3CCOCC3)s2)cc1. The highest BCUT2D eigenvalue weighted by atomic mass is 32.1. The second-order valence-electron chi connectivity index (χ2n) is 6.39. The molecular formula is C21H23NO6S. The van der Waals surface area contributed by atoms with Gasteiger partial charge in [-0.3, -0.25) is 9.59 Å². The highest BCUT2D eigenvalue weighted by Gasteiger charge is 2.19. The topological polar surface area (TPSA) is 82.1 Å². The maximum absolute atomic E-state index is 12.3. The van der Waals surface area contributed by atoms with Crippen LogP contribution >= 0.6 is 11.3 Å². The summed E-state index contributed by atoms with van der Waals surface area (Å²) in [6.07, 6.45) is 0.254. The van der Waals surface area contributed by atoms with Gasteiger partial charge in [0, 0.05) is 18.0 Å². The smallest absolute Gasteiger partial charge is 0.338 e. The minimum atomic E-state index is -0.569. The van der Waals surface area contributed by atoms with Gasteiger partial charge in [-0.25, -0.2) is 4.79 Å². The van der Waals surface area contributed by atoms with Crippen molar-refractivity contribution in [3.63, 3.8) is 0 Å². The minimum absolute atomic E-state index is 0.0241. The number of ketones is 1. The molecule has 1 aromatic carbocycles. The molecule has 7 nitrogen and oxygen atoms in total. The average molecular weight is 417 g/mol. The third-order valence-corrected chi connectivity index (χ3v) is 5.49. The van der Waals surface area contributed by atoms with Crippen molar-refractivity contribution in [2.24, 2.45) is 0 Å². The first-order valence-corrected chi connectivity index (χ1v) is 10.3. The Kier molecular flexibility index (Phi) is 7.37. The Morgan fingerprint density at radius 1 is 1.07 bits per heavy atom. The zero-order chi connectivity index (χ0) is 20.6. The lowest BCUT2D eigenvalue weighted by atomic mass is 10.2. The van der Waals surface area contributed by atoms with Gasteiger partial charge in [-0.15, -0.1) is 11.3 Å². The van der Waals surface area contributed by atoms with E-state index in [4.69, 9.17) is 14.2 Å². The third-order valence-electron chi connectivity index (χ3n) is 4.36. The first kappa shape index (κ1) is 21.0. The van der Waals surface area contributed by atoms with Crippen LogP contribution < -0.4 is 4.74 Å². The quantitative estimate of drug-likeness (QED) is 0.485. The van der Waals surface area contributed by atoms with Gasteiger partial charge in [-0.1, -0.05) is 0 Å². The number of amides is 1. The molecule has 8 heteroatoms. The summed E-state index contributed by atoms with van der Waals surface area (Å²) in [4.78, 5) is 39.8. The van der Waals surface area contributed by atoms with Crippen molar-refractivity contribution in [2.45, 2.75) is 13.3 Å². The number of carbonyl (C=O) groups is 3. The van der Waals surface area contributed by atoms with Gasteiger partial charge in [0.25, 0.3) is 0 Å². The van der Waals surface area contributed by atoms with Crippen molar-refractivity contribution in [2.75, 3.05) is 39.5 Å². The number of ether oxygens (including phenoxy) is 3. The summed E-state index contributed by atoms with van der Waals surface area (Å²) < 4.78 is 15.7. The molecule has 1 aromatic heterocycles. The molecular weight excluding hydrogens is 394 g/mol. The zero-order valence-electron chi connectivity index (χ0n) is 16.2. The van der Waals surface area contributed by atoms with Crippen LogP contribution in [0.15, 0.2) is 36.4 Å². The van der Waals surface area contributed by atoms with E-state index in [1.54, 1.807) is 41.3 Å². The fourth-order valence-corrected chi connectivity index (χ4v) is 3.76. The van der Waals surface area contributed by atoms with Gasteiger partial charge in [0.1, 0.15) is 5.75 Å². The lowest BCUT2D eigenvalue weighted by Crippen LogP contribution is -2.41. The second kappa shape index (κ2) is 10.2. The van der Waals surface area contributed by atoms with Crippen molar-refractivity contribution in [1.82, 2.24) is 4.90 Å². The molecule has 1 fully saturated rings. The van der Waals surface area contributed by atoms with Gasteiger partial charge in [-0.2, -0.15) is 0 Å². The predicted molar refractivity (Wildman–Crippen MR) is 108 cm³/mol. The molecule has 1 aliphatic heterocycles. The van der Waals surface area contributed by atoms with E-state index in [0.717, 1.165) is 4.88 Å². The monoisotopic (exact) mass is 417 g/mol. The Balaban J connectivity index is 1.49. The third kappa shape index (κ3) is 5.88. The molecule has 3 rings (SSSR count). The number of carbonyl (C=O) groups excluding carboxylic acids is 3. The first-order valence-electron chi connectivity index (χ1n) is 9.44. The molecule has 0 radical (unpaired) electrons. The Labute approximate surface area is 173 Å². The fourth-order valence-electron chi connectivity index (χ4n) is 2.84. The van der Waals surface area contributed by atoms with Gasteiger partial charge < -0.3 is 19.1 Å². The summed E-state index contributed by atoms with van der Waals surface area (Å²) in [5, 5.41) is 0. The van der Waals surface area contributed by atoms with Crippen LogP contribution in [0.1, 0.15) is 31.8 Å². The van der Waals surface area contributed by atoms with Crippen LogP contribution in [-0.4, -0.2) is 62.1 Å². The molecule has 0 atom stereocenters. The summed E-state index contributed by atoms with van der Waals surface area (Å²) in [6.45, 7) is 4.37. The number of benzene rings is 1. The normalized spacial score (nSPS) is 13.8.